The third-order valence-corrected chi connectivity index (χ3v) is 4.78. The fourth-order valence-electron chi connectivity index (χ4n) is 2.89. The molecule has 1 heteroatoms. The lowest BCUT2D eigenvalue weighted by atomic mass is 9.82. The van der Waals surface area contributed by atoms with Crippen molar-refractivity contribution in [3.05, 3.63) is 107 Å². The molecule has 0 bridgehead atoms. The molecule has 0 saturated heterocycles. The van der Waals surface area contributed by atoms with Gasteiger partial charge in [-0.25, -0.2) is 0 Å². The number of rotatable bonds is 3. The third kappa shape index (κ3) is 2.55. The van der Waals surface area contributed by atoms with Gasteiger partial charge in [-0.2, -0.15) is 0 Å². The molecule has 3 rings (SSSR count). The van der Waals surface area contributed by atoms with E-state index in [4.69, 9.17) is 11.6 Å². The number of alkyl halides is 1. The van der Waals surface area contributed by atoms with Crippen LogP contribution >= 0.6 is 11.6 Å². The minimum atomic E-state index is -0.666. The molecule has 0 aliphatic heterocycles. The summed E-state index contributed by atoms with van der Waals surface area (Å²) in [5, 5.41) is 0. The average Bonchev–Trinajstić information content (AvgIpc) is 2.56. The molecule has 0 heterocycles. The van der Waals surface area contributed by atoms with Crippen LogP contribution in [0.3, 0.4) is 0 Å². The summed E-state index contributed by atoms with van der Waals surface area (Å²) in [5.41, 5.74) is 5.75. The molecule has 0 aliphatic carbocycles. The van der Waals surface area contributed by atoms with Crippen molar-refractivity contribution in [3.8, 4) is 0 Å². The first-order chi connectivity index (χ1) is 10.6. The van der Waals surface area contributed by atoms with E-state index in [0.29, 0.717) is 0 Å². The van der Waals surface area contributed by atoms with Gasteiger partial charge >= 0.3 is 0 Å². The summed E-state index contributed by atoms with van der Waals surface area (Å²) in [6.45, 7) is 4.21. The Morgan fingerprint density at radius 2 is 1.18 bits per heavy atom. The SMILES string of the molecule is Cc1ccc(C(Cl)(c2ccccc2)c2ccccc2C)cc1. The van der Waals surface area contributed by atoms with Crippen LogP contribution in [0.2, 0.25) is 0 Å². The first-order valence-electron chi connectivity index (χ1n) is 7.50. The van der Waals surface area contributed by atoms with Crippen molar-refractivity contribution < 1.29 is 0 Å². The Morgan fingerprint density at radius 1 is 0.636 bits per heavy atom. The molecule has 0 spiro atoms. The molecule has 1 unspecified atom stereocenters. The van der Waals surface area contributed by atoms with E-state index >= 15 is 0 Å². The fraction of sp³-hybridized carbons (Fsp3) is 0.143. The Morgan fingerprint density at radius 3 is 1.82 bits per heavy atom. The molecule has 3 aromatic carbocycles. The largest absolute Gasteiger partial charge is 0.120 e. The summed E-state index contributed by atoms with van der Waals surface area (Å²) in [5.74, 6) is 0. The minimum Gasteiger partial charge on any atom is -0.104 e. The van der Waals surface area contributed by atoms with E-state index < -0.39 is 4.87 Å². The van der Waals surface area contributed by atoms with Gasteiger partial charge in [0.05, 0.1) is 0 Å². The van der Waals surface area contributed by atoms with Gasteiger partial charge in [0.1, 0.15) is 4.87 Å². The highest BCUT2D eigenvalue weighted by Crippen LogP contribution is 2.44. The Bertz CT molecular complexity index is 759. The van der Waals surface area contributed by atoms with Crippen LogP contribution in [0.5, 0.6) is 0 Å². The second-order valence-electron chi connectivity index (χ2n) is 5.71. The van der Waals surface area contributed by atoms with E-state index in [1.165, 1.54) is 11.1 Å². The molecule has 22 heavy (non-hydrogen) atoms. The summed E-state index contributed by atoms with van der Waals surface area (Å²) in [4.78, 5) is -0.666. The zero-order chi connectivity index (χ0) is 15.6. The maximum atomic E-state index is 7.27. The lowest BCUT2D eigenvalue weighted by molar-refractivity contribution is 0.868. The van der Waals surface area contributed by atoms with Gasteiger partial charge in [0.25, 0.3) is 0 Å². The third-order valence-electron chi connectivity index (χ3n) is 4.14. The van der Waals surface area contributed by atoms with E-state index in [2.05, 4.69) is 74.5 Å². The predicted octanol–water partition coefficient (Wildman–Crippen LogP) is 5.83. The van der Waals surface area contributed by atoms with Gasteiger partial charge < -0.3 is 0 Å². The summed E-state index contributed by atoms with van der Waals surface area (Å²) in [7, 11) is 0. The summed E-state index contributed by atoms with van der Waals surface area (Å²) in [6.07, 6.45) is 0. The second kappa shape index (κ2) is 5.98. The van der Waals surface area contributed by atoms with Crippen LogP contribution in [0.25, 0.3) is 0 Å². The highest BCUT2D eigenvalue weighted by molar-refractivity contribution is 6.28. The van der Waals surface area contributed by atoms with Crippen LogP contribution in [0.1, 0.15) is 27.8 Å². The molecule has 0 aromatic heterocycles. The predicted molar refractivity (Wildman–Crippen MR) is 94.5 cm³/mol. The van der Waals surface area contributed by atoms with Gasteiger partial charge in [-0.05, 0) is 36.1 Å². The summed E-state index contributed by atoms with van der Waals surface area (Å²) >= 11 is 7.27. The first-order valence-corrected chi connectivity index (χ1v) is 7.88. The maximum absolute atomic E-state index is 7.27. The molecule has 0 nitrogen and oxygen atoms in total. The highest BCUT2D eigenvalue weighted by Gasteiger charge is 2.34. The number of hydrogen-bond donors (Lipinski definition) is 0. The van der Waals surface area contributed by atoms with Gasteiger partial charge in [-0.1, -0.05) is 84.4 Å². The van der Waals surface area contributed by atoms with Crippen molar-refractivity contribution in [2.45, 2.75) is 18.7 Å². The van der Waals surface area contributed by atoms with E-state index in [9.17, 15) is 0 Å². The van der Waals surface area contributed by atoms with Crippen molar-refractivity contribution in [2.75, 3.05) is 0 Å². The van der Waals surface area contributed by atoms with Crippen LogP contribution < -0.4 is 0 Å². The topological polar surface area (TPSA) is 0 Å². The maximum Gasteiger partial charge on any atom is 0.120 e. The Labute approximate surface area is 137 Å². The van der Waals surface area contributed by atoms with E-state index in [1.807, 2.05) is 18.2 Å². The van der Waals surface area contributed by atoms with Gasteiger partial charge in [0.15, 0.2) is 0 Å². The molecular weight excluding hydrogens is 288 g/mol. The Hall–Kier alpha value is -2.05. The van der Waals surface area contributed by atoms with Crippen molar-refractivity contribution in [1.82, 2.24) is 0 Å². The molecule has 3 aromatic rings. The molecule has 0 amide bonds. The van der Waals surface area contributed by atoms with Gasteiger partial charge in [0.2, 0.25) is 0 Å². The van der Waals surface area contributed by atoms with Crippen LogP contribution in [0, 0.1) is 13.8 Å². The van der Waals surface area contributed by atoms with Crippen molar-refractivity contribution >= 4 is 11.6 Å². The van der Waals surface area contributed by atoms with Crippen molar-refractivity contribution in [2.24, 2.45) is 0 Å². The minimum absolute atomic E-state index is 0.666. The molecule has 0 fully saturated rings. The lowest BCUT2D eigenvalue weighted by Crippen LogP contribution is -2.23. The number of hydrogen-bond acceptors (Lipinski definition) is 0. The highest BCUT2D eigenvalue weighted by atomic mass is 35.5. The average molecular weight is 307 g/mol. The van der Waals surface area contributed by atoms with Crippen molar-refractivity contribution in [1.29, 1.82) is 0 Å². The summed E-state index contributed by atoms with van der Waals surface area (Å²) in [6, 6.07) is 27.1. The van der Waals surface area contributed by atoms with Gasteiger partial charge in [-0.15, -0.1) is 11.6 Å². The molecule has 110 valence electrons. The Balaban J connectivity index is 2.27. The van der Waals surface area contributed by atoms with E-state index in [1.54, 1.807) is 0 Å². The number of aryl methyl sites for hydroxylation is 2. The zero-order valence-electron chi connectivity index (χ0n) is 12.9. The van der Waals surface area contributed by atoms with Crippen LogP contribution in [0.4, 0.5) is 0 Å². The number of halogens is 1. The summed E-state index contributed by atoms with van der Waals surface area (Å²) < 4.78 is 0. The first kappa shape index (κ1) is 14.9. The quantitative estimate of drug-likeness (QED) is 0.421. The smallest absolute Gasteiger partial charge is 0.104 e. The second-order valence-corrected chi connectivity index (χ2v) is 6.27. The van der Waals surface area contributed by atoms with E-state index in [-0.39, 0.29) is 0 Å². The van der Waals surface area contributed by atoms with Crippen molar-refractivity contribution in [3.63, 3.8) is 0 Å². The monoisotopic (exact) mass is 306 g/mol. The van der Waals surface area contributed by atoms with Gasteiger partial charge in [0, 0.05) is 0 Å². The number of benzene rings is 3. The fourth-order valence-corrected chi connectivity index (χ4v) is 3.35. The lowest BCUT2D eigenvalue weighted by Gasteiger charge is -2.30. The molecule has 0 saturated carbocycles. The van der Waals surface area contributed by atoms with Crippen LogP contribution in [0.15, 0.2) is 78.9 Å². The molecule has 0 N–H and O–H groups in total. The molecule has 0 aliphatic rings. The van der Waals surface area contributed by atoms with E-state index in [0.717, 1.165) is 16.7 Å². The van der Waals surface area contributed by atoms with Crippen LogP contribution in [-0.2, 0) is 4.87 Å². The van der Waals surface area contributed by atoms with Gasteiger partial charge in [-0.3, -0.25) is 0 Å². The normalized spacial score (nSPS) is 13.6. The molecule has 0 radical (unpaired) electrons. The van der Waals surface area contributed by atoms with Crippen LogP contribution in [-0.4, -0.2) is 0 Å². The molecule has 1 atom stereocenters. The zero-order valence-corrected chi connectivity index (χ0v) is 13.6. The standard InChI is InChI=1S/C21H19Cl/c1-16-12-14-19(15-13-16)21(22,18-9-4-3-5-10-18)20-11-7-6-8-17(20)2/h3-15H,1-2H3. The molecular formula is C21H19Cl. The Kier molecular flexibility index (Phi) is 4.04.